The predicted molar refractivity (Wildman–Crippen MR) is 214 cm³/mol. The van der Waals surface area contributed by atoms with E-state index < -0.39 is 18.1 Å². The molecule has 1 unspecified atom stereocenters. The van der Waals surface area contributed by atoms with Crippen molar-refractivity contribution in [3.63, 3.8) is 0 Å². The minimum atomic E-state index is -1.60. The van der Waals surface area contributed by atoms with E-state index >= 15 is 0 Å². The van der Waals surface area contributed by atoms with Crippen LogP contribution in [0.2, 0.25) is 10.0 Å². The second kappa shape index (κ2) is 19.8. The average Bonchev–Trinajstić information content (AvgIpc) is 3.21. The molecule has 12 nitrogen and oxygen atoms in total. The monoisotopic (exact) mass is 803 g/mol. The van der Waals surface area contributed by atoms with Gasteiger partial charge in [-0.2, -0.15) is 5.26 Å². The van der Waals surface area contributed by atoms with Crippen LogP contribution in [0.5, 0.6) is 17.2 Å². The molecule has 1 aromatic heterocycles. The van der Waals surface area contributed by atoms with Gasteiger partial charge in [0.1, 0.15) is 42.1 Å². The third-order valence-electron chi connectivity index (χ3n) is 10.1. The quantitative estimate of drug-likeness (QED) is 0.0807. The first-order chi connectivity index (χ1) is 27.0. The Kier molecular flexibility index (Phi) is 14.9. The molecule has 1 fully saturated rings. The molecule has 1 aliphatic heterocycles. The molecule has 2 heterocycles. The number of aliphatic carboxylic acids is 1. The van der Waals surface area contributed by atoms with Crippen molar-refractivity contribution < 1.29 is 34.0 Å². The van der Waals surface area contributed by atoms with Gasteiger partial charge in [-0.1, -0.05) is 53.5 Å². The highest BCUT2D eigenvalue weighted by molar-refractivity contribution is 6.35. The number of rotatable bonds is 18. The van der Waals surface area contributed by atoms with Gasteiger partial charge < -0.3 is 34.6 Å². The van der Waals surface area contributed by atoms with Crippen molar-refractivity contribution in [1.82, 2.24) is 20.5 Å². The van der Waals surface area contributed by atoms with Crippen LogP contribution in [0.4, 0.5) is 0 Å². The third-order valence-corrected chi connectivity index (χ3v) is 10.7. The molecule has 4 N–H and O–H groups in total. The molecule has 4 aromatic rings. The van der Waals surface area contributed by atoms with Gasteiger partial charge in [0.2, 0.25) is 5.91 Å². The Bertz CT molecular complexity index is 2050. The van der Waals surface area contributed by atoms with Crippen LogP contribution >= 0.6 is 23.2 Å². The summed E-state index contributed by atoms with van der Waals surface area (Å²) in [5, 5.41) is 35.1. The van der Waals surface area contributed by atoms with Gasteiger partial charge in [0.15, 0.2) is 0 Å². The number of aliphatic hydroxyl groups is 1. The highest BCUT2D eigenvalue weighted by atomic mass is 35.5. The number of carboxylic acids is 1. The van der Waals surface area contributed by atoms with Gasteiger partial charge in [-0.25, -0.2) is 0 Å². The lowest BCUT2D eigenvalue weighted by atomic mass is 9.96. The van der Waals surface area contributed by atoms with E-state index in [4.69, 9.17) is 37.4 Å². The largest absolute Gasteiger partial charge is 0.492 e. The summed E-state index contributed by atoms with van der Waals surface area (Å²) in [6.07, 6.45) is 5.61. The summed E-state index contributed by atoms with van der Waals surface area (Å²) in [6, 6.07) is 18.6. The molecular formula is C42H47Cl2N5O7. The lowest BCUT2D eigenvalue weighted by Crippen LogP contribution is -2.52. The predicted octanol–water partition coefficient (Wildman–Crippen LogP) is 6.55. The number of halogens is 2. The molecule has 3 aromatic carbocycles. The van der Waals surface area contributed by atoms with Gasteiger partial charge in [-0.3, -0.25) is 19.9 Å². The van der Waals surface area contributed by atoms with E-state index in [1.54, 1.807) is 31.4 Å². The topological polar surface area (TPSA) is 166 Å². The summed E-state index contributed by atoms with van der Waals surface area (Å²) in [5.74, 6) is 0.315. The summed E-state index contributed by atoms with van der Waals surface area (Å²) in [4.78, 5) is 30.2. The van der Waals surface area contributed by atoms with Gasteiger partial charge in [0, 0.05) is 61.2 Å². The maximum Gasteiger partial charge on any atom is 0.326 e. The minimum Gasteiger partial charge on any atom is -0.492 e. The average molecular weight is 805 g/mol. The van der Waals surface area contributed by atoms with Gasteiger partial charge >= 0.3 is 5.97 Å². The van der Waals surface area contributed by atoms with Crippen LogP contribution in [0.1, 0.15) is 54.0 Å². The number of hydrogen-bond donors (Lipinski definition) is 4. The normalized spacial score (nSPS) is 14.4. The number of nitriles is 1. The maximum absolute atomic E-state index is 11.9. The molecule has 1 atom stereocenters. The Labute approximate surface area is 337 Å². The number of amides is 1. The zero-order valence-electron chi connectivity index (χ0n) is 31.7. The summed E-state index contributed by atoms with van der Waals surface area (Å²) in [6.45, 7) is 6.18. The van der Waals surface area contributed by atoms with Gasteiger partial charge in [-0.05, 0) is 81.1 Å². The standard InChI is InChI=1S/C42H47Cl2N5O7/c1-27-31(7-4-8-33(27)34-9-5-10-36(39(34)44)54-16-6-13-49-14-11-30(12-15-49)40(51)46-3)25-56-38-19-37(55-24-29-17-28(20-45)21-47-22-29)32(18-35(38)43)23-48-42(2,26-50)41(52)53/h4-5,7-10,17-19,21-22,30,48,50H,6,11-16,23-26H2,1-3H3,(H,46,51)(H,52,53). The Morgan fingerprint density at radius 2 is 1.71 bits per heavy atom. The van der Waals surface area contributed by atoms with Crippen LogP contribution in [0.15, 0.2) is 67.0 Å². The van der Waals surface area contributed by atoms with Crippen molar-refractivity contribution in [3.05, 3.63) is 105 Å². The molecule has 56 heavy (non-hydrogen) atoms. The van der Waals surface area contributed by atoms with E-state index in [1.165, 1.54) is 13.1 Å². The molecule has 5 rings (SSSR count). The third kappa shape index (κ3) is 10.7. The number of benzene rings is 3. The number of piperidine rings is 1. The highest BCUT2D eigenvalue weighted by Gasteiger charge is 2.32. The van der Waals surface area contributed by atoms with Crippen molar-refractivity contribution in [3.8, 4) is 34.4 Å². The Morgan fingerprint density at radius 3 is 2.43 bits per heavy atom. The van der Waals surface area contributed by atoms with Crippen LogP contribution in [-0.2, 0) is 29.3 Å². The van der Waals surface area contributed by atoms with Crippen LogP contribution < -0.4 is 24.8 Å². The molecule has 1 aliphatic rings. The maximum atomic E-state index is 11.9. The van der Waals surface area contributed by atoms with E-state index in [9.17, 15) is 25.1 Å². The van der Waals surface area contributed by atoms with Crippen LogP contribution in [0.3, 0.4) is 0 Å². The van der Waals surface area contributed by atoms with Crippen molar-refractivity contribution >= 4 is 35.1 Å². The molecule has 0 aliphatic carbocycles. The number of carbonyl (C=O) groups is 2. The molecule has 296 valence electrons. The number of carbonyl (C=O) groups excluding carboxylic acids is 1. The lowest BCUT2D eigenvalue weighted by Gasteiger charge is -2.30. The molecule has 0 saturated carbocycles. The molecule has 0 bridgehead atoms. The second-order valence-corrected chi connectivity index (χ2v) is 14.7. The Balaban J connectivity index is 1.27. The number of ether oxygens (including phenoxy) is 3. The molecule has 1 saturated heterocycles. The van der Waals surface area contributed by atoms with E-state index in [2.05, 4.69) is 26.6 Å². The van der Waals surface area contributed by atoms with Crippen LogP contribution in [-0.4, -0.2) is 77.4 Å². The molecule has 14 heteroatoms. The number of hydrogen-bond acceptors (Lipinski definition) is 10. The summed E-state index contributed by atoms with van der Waals surface area (Å²) >= 11 is 13.7. The van der Waals surface area contributed by atoms with Gasteiger partial charge in [0.25, 0.3) is 0 Å². The van der Waals surface area contributed by atoms with E-state index in [1.807, 2.05) is 43.3 Å². The highest BCUT2D eigenvalue weighted by Crippen LogP contribution is 2.39. The number of carboxylic acid groups (broad SMARTS) is 1. The molecule has 0 radical (unpaired) electrons. The lowest BCUT2D eigenvalue weighted by molar-refractivity contribution is -0.146. The molecule has 1 amide bonds. The van der Waals surface area contributed by atoms with Crippen molar-refractivity contribution in [2.24, 2.45) is 5.92 Å². The summed E-state index contributed by atoms with van der Waals surface area (Å²) < 4.78 is 18.6. The van der Waals surface area contributed by atoms with E-state index in [-0.39, 0.29) is 36.6 Å². The number of nitrogens with zero attached hydrogens (tertiary/aromatic N) is 3. The zero-order chi connectivity index (χ0) is 40.2. The van der Waals surface area contributed by atoms with Gasteiger partial charge in [-0.15, -0.1) is 0 Å². The first-order valence-corrected chi connectivity index (χ1v) is 19.2. The smallest absolute Gasteiger partial charge is 0.326 e. The summed E-state index contributed by atoms with van der Waals surface area (Å²) in [7, 11) is 1.69. The number of likely N-dealkylation sites (tertiary alicyclic amines) is 1. The van der Waals surface area contributed by atoms with E-state index in [0.29, 0.717) is 45.6 Å². The number of aliphatic hydroxyl groups excluding tert-OH is 1. The van der Waals surface area contributed by atoms with E-state index in [0.717, 1.165) is 61.2 Å². The van der Waals surface area contributed by atoms with Crippen molar-refractivity contribution in [2.75, 3.05) is 39.9 Å². The molecular weight excluding hydrogens is 757 g/mol. The minimum absolute atomic E-state index is 0.0130. The fourth-order valence-electron chi connectivity index (χ4n) is 6.45. The summed E-state index contributed by atoms with van der Waals surface area (Å²) in [5.41, 5.74) is 3.58. The number of nitrogens with one attached hydrogen (secondary N) is 2. The molecule has 0 spiro atoms. The second-order valence-electron chi connectivity index (χ2n) is 13.9. The fraction of sp³-hybridized carbons (Fsp3) is 0.381. The van der Waals surface area contributed by atoms with Crippen molar-refractivity contribution in [2.45, 2.75) is 58.4 Å². The van der Waals surface area contributed by atoms with Gasteiger partial charge in [0.05, 0.1) is 28.8 Å². The number of aromatic nitrogens is 1. The van der Waals surface area contributed by atoms with Crippen LogP contribution in [0.25, 0.3) is 11.1 Å². The SMILES string of the molecule is CNC(=O)C1CCN(CCCOc2cccc(-c3cccc(COc4cc(OCc5cncc(C#N)c5)c(CNC(C)(CO)C(=O)O)cc4Cl)c3C)c2Cl)CC1. The fourth-order valence-corrected chi connectivity index (χ4v) is 6.97. The van der Waals surface area contributed by atoms with Crippen LogP contribution in [0, 0.1) is 24.2 Å². The number of pyridine rings is 1. The Hall–Kier alpha value is -4.90. The Morgan fingerprint density at radius 1 is 0.982 bits per heavy atom. The first kappa shape index (κ1) is 42.2. The first-order valence-electron chi connectivity index (χ1n) is 18.4. The van der Waals surface area contributed by atoms with Crippen molar-refractivity contribution in [1.29, 1.82) is 5.26 Å². The zero-order valence-corrected chi connectivity index (χ0v) is 33.3.